The molecule has 1 amide bonds. The van der Waals surface area contributed by atoms with Crippen LogP contribution >= 0.6 is 0 Å². The molecule has 160 valence electrons. The van der Waals surface area contributed by atoms with E-state index in [1.54, 1.807) is 31.4 Å². The lowest BCUT2D eigenvalue weighted by Gasteiger charge is -2.27. The van der Waals surface area contributed by atoms with Crippen molar-refractivity contribution in [2.24, 2.45) is 0 Å². The van der Waals surface area contributed by atoms with E-state index in [-0.39, 0.29) is 11.9 Å². The molecule has 5 rings (SSSR count). The molecule has 0 saturated carbocycles. The number of nitrogens with zero attached hydrogens (tertiary/aromatic N) is 6. The Morgan fingerprint density at radius 2 is 2.03 bits per heavy atom. The molecule has 9 heteroatoms. The molecular weight excluding hydrogens is 392 g/mol. The molecule has 1 saturated heterocycles. The number of anilines is 3. The van der Waals surface area contributed by atoms with Crippen LogP contribution in [0.1, 0.15) is 30.5 Å². The van der Waals surface area contributed by atoms with Gasteiger partial charge in [0.2, 0.25) is 11.9 Å². The maximum absolute atomic E-state index is 12.7. The zero-order chi connectivity index (χ0) is 21.4. The smallest absolute Gasteiger partial charge is 0.244 e. The molecule has 0 spiro atoms. The second-order valence-electron chi connectivity index (χ2n) is 8.26. The molecule has 1 aliphatic heterocycles. The molecule has 0 radical (unpaired) electrons. The SMILES string of the molecule is CN(C)C(=O)[C@H]1CCCN1c1nc2c(c(Nc3cc(-c4ccncc4)[nH]n3)n1)CCC2. The van der Waals surface area contributed by atoms with Gasteiger partial charge in [-0.3, -0.25) is 14.9 Å². The third kappa shape index (κ3) is 3.71. The summed E-state index contributed by atoms with van der Waals surface area (Å²) < 4.78 is 0. The van der Waals surface area contributed by atoms with Gasteiger partial charge in [-0.05, 0) is 44.2 Å². The summed E-state index contributed by atoms with van der Waals surface area (Å²) in [5.74, 6) is 2.22. The maximum atomic E-state index is 12.7. The zero-order valence-electron chi connectivity index (χ0n) is 17.8. The van der Waals surface area contributed by atoms with Crippen LogP contribution in [0.3, 0.4) is 0 Å². The predicted molar refractivity (Wildman–Crippen MR) is 118 cm³/mol. The summed E-state index contributed by atoms with van der Waals surface area (Å²) in [4.78, 5) is 30.2. The Hall–Kier alpha value is -3.49. The first kappa shape index (κ1) is 19.5. The fourth-order valence-corrected chi connectivity index (χ4v) is 4.40. The van der Waals surface area contributed by atoms with Crippen molar-refractivity contribution in [3.8, 4) is 11.3 Å². The molecule has 2 N–H and O–H groups in total. The highest BCUT2D eigenvalue weighted by molar-refractivity contribution is 5.85. The van der Waals surface area contributed by atoms with E-state index >= 15 is 0 Å². The van der Waals surface area contributed by atoms with Gasteiger partial charge in [-0.25, -0.2) is 4.98 Å². The number of hydrogen-bond donors (Lipinski definition) is 2. The second-order valence-corrected chi connectivity index (χ2v) is 8.26. The largest absolute Gasteiger partial charge is 0.347 e. The molecule has 31 heavy (non-hydrogen) atoms. The summed E-state index contributed by atoms with van der Waals surface area (Å²) in [6.45, 7) is 0.789. The number of aromatic amines is 1. The highest BCUT2D eigenvalue weighted by Gasteiger charge is 2.34. The van der Waals surface area contributed by atoms with Crippen LogP contribution in [-0.4, -0.2) is 62.6 Å². The number of H-pyrrole nitrogens is 1. The Labute approximate surface area is 180 Å². The Kier molecular flexibility index (Phi) is 5.01. The third-order valence-corrected chi connectivity index (χ3v) is 5.97. The summed E-state index contributed by atoms with van der Waals surface area (Å²) in [7, 11) is 3.60. The minimum Gasteiger partial charge on any atom is -0.347 e. The fourth-order valence-electron chi connectivity index (χ4n) is 4.40. The Morgan fingerprint density at radius 3 is 2.84 bits per heavy atom. The lowest BCUT2D eigenvalue weighted by Crippen LogP contribution is -2.43. The number of pyridine rings is 1. The van der Waals surface area contributed by atoms with Gasteiger partial charge in [-0.2, -0.15) is 10.1 Å². The number of nitrogens with one attached hydrogen (secondary N) is 2. The number of carbonyl (C=O) groups excluding carboxylic acids is 1. The lowest BCUT2D eigenvalue weighted by molar-refractivity contribution is -0.129. The van der Waals surface area contributed by atoms with Crippen molar-refractivity contribution in [1.29, 1.82) is 0 Å². The summed E-state index contributed by atoms with van der Waals surface area (Å²) in [6.07, 6.45) is 8.24. The molecule has 4 heterocycles. The van der Waals surface area contributed by atoms with Gasteiger partial charge < -0.3 is 15.1 Å². The van der Waals surface area contributed by atoms with Gasteiger partial charge >= 0.3 is 0 Å². The number of likely N-dealkylation sites (N-methyl/N-ethyl adjacent to an activating group) is 1. The summed E-state index contributed by atoms with van der Waals surface area (Å²) in [5.41, 5.74) is 4.14. The number of rotatable bonds is 5. The minimum absolute atomic E-state index is 0.102. The van der Waals surface area contributed by atoms with E-state index in [0.29, 0.717) is 11.8 Å². The number of amides is 1. The van der Waals surface area contributed by atoms with E-state index in [9.17, 15) is 4.79 Å². The normalized spacial score (nSPS) is 17.6. The number of carbonyl (C=O) groups is 1. The van der Waals surface area contributed by atoms with Crippen molar-refractivity contribution in [3.05, 3.63) is 41.9 Å². The highest BCUT2D eigenvalue weighted by atomic mass is 16.2. The number of aryl methyl sites for hydroxylation is 1. The standard InChI is InChI=1S/C22H26N8O/c1-29(2)21(31)18-7-4-12-30(18)22-24-16-6-3-5-15(16)20(26-22)25-19-13-17(27-28-19)14-8-10-23-11-9-14/h8-11,13,18H,3-7,12H2,1-2H3,(H2,24,25,26,27,28)/t18-/m1/s1. The Balaban J connectivity index is 1.45. The third-order valence-electron chi connectivity index (χ3n) is 5.97. The van der Waals surface area contributed by atoms with Crippen molar-refractivity contribution >= 4 is 23.5 Å². The lowest BCUT2D eigenvalue weighted by atomic mass is 10.2. The van der Waals surface area contributed by atoms with Crippen LogP contribution in [0.5, 0.6) is 0 Å². The first-order chi connectivity index (χ1) is 15.1. The average Bonchev–Trinajstić information content (AvgIpc) is 3.53. The zero-order valence-corrected chi connectivity index (χ0v) is 17.8. The van der Waals surface area contributed by atoms with Gasteiger partial charge in [-0.1, -0.05) is 0 Å². The fraction of sp³-hybridized carbons (Fsp3) is 0.409. The van der Waals surface area contributed by atoms with E-state index in [2.05, 4.69) is 25.4 Å². The molecule has 1 aliphatic carbocycles. The average molecular weight is 419 g/mol. The van der Waals surface area contributed by atoms with Gasteiger partial charge in [0.1, 0.15) is 11.9 Å². The van der Waals surface area contributed by atoms with Crippen LogP contribution in [-0.2, 0) is 17.6 Å². The molecule has 0 aromatic carbocycles. The molecule has 0 unspecified atom stereocenters. The van der Waals surface area contributed by atoms with Gasteiger partial charge in [0.05, 0.1) is 11.4 Å². The van der Waals surface area contributed by atoms with Crippen molar-refractivity contribution in [1.82, 2.24) is 30.0 Å². The monoisotopic (exact) mass is 418 g/mol. The van der Waals surface area contributed by atoms with E-state index in [4.69, 9.17) is 9.97 Å². The minimum atomic E-state index is -0.203. The van der Waals surface area contributed by atoms with Crippen LogP contribution in [0.4, 0.5) is 17.6 Å². The van der Waals surface area contributed by atoms with E-state index in [1.807, 2.05) is 18.2 Å². The van der Waals surface area contributed by atoms with Crippen molar-refractivity contribution in [3.63, 3.8) is 0 Å². The molecule has 9 nitrogen and oxygen atoms in total. The highest BCUT2D eigenvalue weighted by Crippen LogP contribution is 2.33. The first-order valence-electron chi connectivity index (χ1n) is 10.7. The molecule has 3 aromatic rings. The van der Waals surface area contributed by atoms with Crippen molar-refractivity contribution in [2.75, 3.05) is 30.9 Å². The molecular formula is C22H26N8O. The topological polar surface area (TPSA) is 103 Å². The van der Waals surface area contributed by atoms with Crippen LogP contribution in [0.25, 0.3) is 11.3 Å². The van der Waals surface area contributed by atoms with Crippen LogP contribution in [0.2, 0.25) is 0 Å². The van der Waals surface area contributed by atoms with Gasteiger partial charge in [0.25, 0.3) is 0 Å². The number of aromatic nitrogens is 5. The molecule has 1 atom stereocenters. The molecule has 3 aromatic heterocycles. The molecule has 0 bridgehead atoms. The summed E-state index contributed by atoms with van der Waals surface area (Å²) >= 11 is 0. The van der Waals surface area contributed by atoms with Crippen LogP contribution in [0, 0.1) is 0 Å². The van der Waals surface area contributed by atoms with E-state index < -0.39 is 0 Å². The maximum Gasteiger partial charge on any atom is 0.244 e. The predicted octanol–water partition coefficient (Wildman–Crippen LogP) is 2.55. The van der Waals surface area contributed by atoms with Gasteiger partial charge in [0, 0.05) is 50.2 Å². The van der Waals surface area contributed by atoms with E-state index in [0.717, 1.165) is 67.0 Å². The second kappa shape index (κ2) is 7.98. The van der Waals surface area contributed by atoms with E-state index in [1.165, 1.54) is 0 Å². The van der Waals surface area contributed by atoms with Crippen molar-refractivity contribution in [2.45, 2.75) is 38.1 Å². The molecule has 1 fully saturated rings. The summed E-state index contributed by atoms with van der Waals surface area (Å²) in [6, 6.07) is 5.64. The summed E-state index contributed by atoms with van der Waals surface area (Å²) in [5, 5.41) is 10.9. The first-order valence-corrected chi connectivity index (χ1v) is 10.7. The molecule has 2 aliphatic rings. The Bertz CT molecular complexity index is 1090. The van der Waals surface area contributed by atoms with Crippen molar-refractivity contribution < 1.29 is 4.79 Å². The van der Waals surface area contributed by atoms with Crippen LogP contribution in [0.15, 0.2) is 30.6 Å². The Morgan fingerprint density at radius 1 is 1.19 bits per heavy atom. The number of fused-ring (bicyclic) bond motifs is 1. The van der Waals surface area contributed by atoms with Gasteiger partial charge in [0.15, 0.2) is 5.82 Å². The van der Waals surface area contributed by atoms with Gasteiger partial charge in [-0.15, -0.1) is 0 Å². The quantitative estimate of drug-likeness (QED) is 0.656. The van der Waals surface area contributed by atoms with Crippen LogP contribution < -0.4 is 10.2 Å². The number of hydrogen-bond acceptors (Lipinski definition) is 7.